The molecule has 0 radical (unpaired) electrons. The average molecular weight is 642 g/mol. The summed E-state index contributed by atoms with van der Waals surface area (Å²) in [6.07, 6.45) is -0.448. The molecule has 1 N–H and O–H groups in total. The van der Waals surface area contributed by atoms with Crippen LogP contribution in [0.2, 0.25) is 0 Å². The number of nitrogens with one attached hydrogen (secondary N) is 1. The molecule has 0 unspecified atom stereocenters. The SMILES string of the molecule is CCCCc1c(C(=O)OC)[nH]c(C(=O)OC)c1[C@@H]1O[C@H](COCc2ccccc2)[C@@H](OCc2ccccc2)[C@H]1OCc1ccccc1. The first-order chi connectivity index (χ1) is 23.0. The number of benzene rings is 3. The van der Waals surface area contributed by atoms with Crippen LogP contribution in [0.15, 0.2) is 91.0 Å². The molecule has 9 heteroatoms. The van der Waals surface area contributed by atoms with Crippen molar-refractivity contribution in [2.45, 2.75) is 70.4 Å². The highest BCUT2D eigenvalue weighted by Crippen LogP contribution is 2.43. The molecule has 0 spiro atoms. The van der Waals surface area contributed by atoms with Gasteiger partial charge in [0, 0.05) is 5.56 Å². The van der Waals surface area contributed by atoms with Gasteiger partial charge >= 0.3 is 11.9 Å². The Balaban J connectivity index is 1.56. The van der Waals surface area contributed by atoms with E-state index in [9.17, 15) is 9.59 Å². The van der Waals surface area contributed by atoms with Crippen LogP contribution >= 0.6 is 0 Å². The van der Waals surface area contributed by atoms with Gasteiger partial charge in [-0.2, -0.15) is 0 Å². The zero-order valence-corrected chi connectivity index (χ0v) is 27.2. The largest absolute Gasteiger partial charge is 0.464 e. The molecule has 0 saturated carbocycles. The van der Waals surface area contributed by atoms with Gasteiger partial charge in [0.15, 0.2) is 0 Å². The predicted octanol–water partition coefficient (Wildman–Crippen LogP) is 6.76. The first-order valence-corrected chi connectivity index (χ1v) is 16.0. The lowest BCUT2D eigenvalue weighted by molar-refractivity contribution is -0.0898. The van der Waals surface area contributed by atoms with E-state index in [4.69, 9.17) is 28.4 Å². The van der Waals surface area contributed by atoms with E-state index >= 15 is 0 Å². The normalized spacial score (nSPS) is 19.0. The van der Waals surface area contributed by atoms with Crippen molar-refractivity contribution >= 4 is 11.9 Å². The van der Waals surface area contributed by atoms with E-state index in [1.807, 2.05) is 91.0 Å². The number of rotatable bonds is 16. The Labute approximate surface area is 276 Å². The maximum Gasteiger partial charge on any atom is 0.354 e. The van der Waals surface area contributed by atoms with Crippen LogP contribution in [0.25, 0.3) is 0 Å². The highest BCUT2D eigenvalue weighted by molar-refractivity contribution is 5.96. The van der Waals surface area contributed by atoms with Crippen LogP contribution in [0.1, 0.15) is 74.7 Å². The molecule has 1 fully saturated rings. The second-order valence-corrected chi connectivity index (χ2v) is 11.5. The van der Waals surface area contributed by atoms with E-state index in [1.165, 1.54) is 14.2 Å². The Bertz CT molecular complexity index is 1560. The van der Waals surface area contributed by atoms with Gasteiger partial charge in [0.25, 0.3) is 0 Å². The number of esters is 2. The minimum Gasteiger partial charge on any atom is -0.464 e. The summed E-state index contributed by atoms with van der Waals surface area (Å²) in [5.74, 6) is -1.20. The first-order valence-electron chi connectivity index (χ1n) is 16.0. The minimum atomic E-state index is -0.791. The van der Waals surface area contributed by atoms with E-state index in [-0.39, 0.29) is 24.6 Å². The molecule has 1 aliphatic rings. The number of carbonyl (C=O) groups excluding carboxylic acids is 2. The summed E-state index contributed by atoms with van der Waals surface area (Å²) in [7, 11) is 2.62. The fourth-order valence-corrected chi connectivity index (χ4v) is 5.90. The molecule has 1 aliphatic heterocycles. The number of aromatic amines is 1. The third kappa shape index (κ3) is 8.55. The summed E-state index contributed by atoms with van der Waals surface area (Å²) in [5, 5.41) is 0. The van der Waals surface area contributed by atoms with Crippen LogP contribution in [-0.4, -0.2) is 56.1 Å². The van der Waals surface area contributed by atoms with Gasteiger partial charge in [0.05, 0.1) is 40.6 Å². The highest BCUT2D eigenvalue weighted by atomic mass is 16.6. The molecule has 248 valence electrons. The maximum atomic E-state index is 13.3. The zero-order chi connectivity index (χ0) is 33.0. The molecule has 3 aromatic carbocycles. The second-order valence-electron chi connectivity index (χ2n) is 11.5. The van der Waals surface area contributed by atoms with Gasteiger partial charge in [0.1, 0.15) is 35.8 Å². The van der Waals surface area contributed by atoms with Crippen molar-refractivity contribution in [1.29, 1.82) is 0 Å². The quantitative estimate of drug-likeness (QED) is 0.134. The van der Waals surface area contributed by atoms with Gasteiger partial charge in [-0.3, -0.25) is 0 Å². The van der Waals surface area contributed by atoms with Crippen LogP contribution in [-0.2, 0) is 54.7 Å². The van der Waals surface area contributed by atoms with Crippen molar-refractivity contribution in [3.63, 3.8) is 0 Å². The van der Waals surface area contributed by atoms with Crippen LogP contribution in [0.3, 0.4) is 0 Å². The van der Waals surface area contributed by atoms with E-state index in [1.54, 1.807) is 0 Å². The Morgan fingerprint density at radius 2 is 1.21 bits per heavy atom. The molecule has 0 aliphatic carbocycles. The molecule has 2 heterocycles. The van der Waals surface area contributed by atoms with Gasteiger partial charge in [-0.25, -0.2) is 9.59 Å². The zero-order valence-electron chi connectivity index (χ0n) is 27.2. The van der Waals surface area contributed by atoms with E-state index < -0.39 is 36.4 Å². The third-order valence-corrected chi connectivity index (χ3v) is 8.26. The van der Waals surface area contributed by atoms with E-state index in [2.05, 4.69) is 11.9 Å². The third-order valence-electron chi connectivity index (χ3n) is 8.26. The Hall–Kier alpha value is -4.28. The number of carbonyl (C=O) groups is 2. The lowest BCUT2D eigenvalue weighted by atomic mass is 9.94. The van der Waals surface area contributed by atoms with Crippen molar-refractivity contribution in [1.82, 2.24) is 4.98 Å². The molecule has 0 amide bonds. The number of H-pyrrole nitrogens is 1. The molecule has 4 aromatic rings. The summed E-state index contributed by atoms with van der Waals surface area (Å²) >= 11 is 0. The Morgan fingerprint density at radius 1 is 0.702 bits per heavy atom. The molecule has 1 aromatic heterocycles. The van der Waals surface area contributed by atoms with Gasteiger partial charge < -0.3 is 33.4 Å². The maximum absolute atomic E-state index is 13.3. The number of methoxy groups -OCH3 is 2. The smallest absolute Gasteiger partial charge is 0.354 e. The summed E-state index contributed by atoms with van der Waals surface area (Å²) in [6, 6.07) is 29.6. The monoisotopic (exact) mass is 641 g/mol. The number of aromatic nitrogens is 1. The van der Waals surface area contributed by atoms with Crippen LogP contribution < -0.4 is 0 Å². The molecule has 5 rings (SSSR count). The molecule has 4 atom stereocenters. The van der Waals surface area contributed by atoms with Crippen molar-refractivity contribution < 1.29 is 38.0 Å². The highest BCUT2D eigenvalue weighted by Gasteiger charge is 2.50. The molecule has 47 heavy (non-hydrogen) atoms. The molecular formula is C38H43NO8. The van der Waals surface area contributed by atoms with Crippen molar-refractivity contribution in [2.24, 2.45) is 0 Å². The number of hydrogen-bond donors (Lipinski definition) is 1. The fourth-order valence-electron chi connectivity index (χ4n) is 5.90. The first kappa shape index (κ1) is 34.1. The van der Waals surface area contributed by atoms with Crippen LogP contribution in [0.5, 0.6) is 0 Å². The fraction of sp³-hybridized carbons (Fsp3) is 0.368. The molecular weight excluding hydrogens is 598 g/mol. The topological polar surface area (TPSA) is 105 Å². The van der Waals surface area contributed by atoms with Crippen molar-refractivity contribution in [3.05, 3.63) is 130 Å². The van der Waals surface area contributed by atoms with Gasteiger partial charge in [-0.1, -0.05) is 104 Å². The summed E-state index contributed by atoms with van der Waals surface area (Å²) < 4.78 is 36.6. The summed E-state index contributed by atoms with van der Waals surface area (Å²) in [4.78, 5) is 29.3. The number of unbranched alkanes of at least 4 members (excludes halogenated alkanes) is 1. The molecule has 0 bridgehead atoms. The molecule has 1 saturated heterocycles. The van der Waals surface area contributed by atoms with E-state index in [0.29, 0.717) is 30.8 Å². The number of hydrogen-bond acceptors (Lipinski definition) is 8. The van der Waals surface area contributed by atoms with Gasteiger partial charge in [-0.05, 0) is 35.1 Å². The van der Waals surface area contributed by atoms with Crippen LogP contribution in [0, 0.1) is 0 Å². The molecule has 9 nitrogen and oxygen atoms in total. The summed E-state index contributed by atoms with van der Waals surface area (Å²) in [5.41, 5.74) is 4.49. The van der Waals surface area contributed by atoms with Crippen molar-refractivity contribution in [2.75, 3.05) is 20.8 Å². The van der Waals surface area contributed by atoms with Crippen molar-refractivity contribution in [3.8, 4) is 0 Å². The van der Waals surface area contributed by atoms with Gasteiger partial charge in [0.2, 0.25) is 0 Å². The number of ether oxygens (including phenoxy) is 6. The minimum absolute atomic E-state index is 0.130. The Kier molecular flexibility index (Phi) is 12.3. The standard InChI is InChI=1S/C38H43NO8/c1-4-5-21-29-31(33(38(41)43-3)39-32(29)37(40)42-2)35-36(46-24-28-19-13-8-14-20-28)34(45-23-27-17-11-7-12-18-27)30(47-35)25-44-22-26-15-9-6-10-16-26/h6-20,30,34-36,39H,4-5,21-25H2,1-3H3/t30-,34-,35+,36-/m1/s1. The second kappa shape index (κ2) is 17.0. The lowest BCUT2D eigenvalue weighted by Gasteiger charge is -2.26. The Morgan fingerprint density at radius 3 is 1.74 bits per heavy atom. The average Bonchev–Trinajstić information content (AvgIpc) is 3.67. The lowest BCUT2D eigenvalue weighted by Crippen LogP contribution is -2.38. The predicted molar refractivity (Wildman–Crippen MR) is 176 cm³/mol. The van der Waals surface area contributed by atoms with Crippen LogP contribution in [0.4, 0.5) is 0 Å². The van der Waals surface area contributed by atoms with Gasteiger partial charge in [-0.15, -0.1) is 0 Å². The summed E-state index contributed by atoms with van der Waals surface area (Å²) in [6.45, 7) is 3.26. The van der Waals surface area contributed by atoms with E-state index in [0.717, 1.165) is 29.5 Å².